The molecular formula is C12H16O4S. The number of hydrogen-bond donors (Lipinski definition) is 0. The van der Waals surface area contributed by atoms with Crippen molar-refractivity contribution >= 4 is 15.9 Å². The molecule has 1 rings (SSSR count). The first-order valence-corrected chi connectivity index (χ1v) is 6.78. The first-order chi connectivity index (χ1) is 7.86. The molecule has 94 valence electrons. The van der Waals surface area contributed by atoms with E-state index in [0.29, 0.717) is 6.42 Å². The summed E-state index contributed by atoms with van der Waals surface area (Å²) in [5.41, 5.74) is 0.961. The van der Waals surface area contributed by atoms with E-state index < -0.39 is 16.2 Å². The van der Waals surface area contributed by atoms with Crippen LogP contribution in [0.4, 0.5) is 0 Å². The highest BCUT2D eigenvalue weighted by Gasteiger charge is 2.23. The van der Waals surface area contributed by atoms with Gasteiger partial charge < -0.3 is 0 Å². The number of carbonyl (C=O) groups is 1. The Morgan fingerprint density at radius 2 is 1.82 bits per heavy atom. The van der Waals surface area contributed by atoms with Crippen LogP contribution in [0.2, 0.25) is 0 Å². The van der Waals surface area contributed by atoms with Crippen molar-refractivity contribution in [2.45, 2.75) is 38.2 Å². The van der Waals surface area contributed by atoms with Gasteiger partial charge in [-0.1, -0.05) is 24.6 Å². The van der Waals surface area contributed by atoms with Crippen molar-refractivity contribution in [3.63, 3.8) is 0 Å². The van der Waals surface area contributed by atoms with Gasteiger partial charge in [0.2, 0.25) is 0 Å². The summed E-state index contributed by atoms with van der Waals surface area (Å²) in [5, 5.41) is 0. The average molecular weight is 256 g/mol. The molecule has 17 heavy (non-hydrogen) atoms. The minimum absolute atomic E-state index is 0.0720. The minimum Gasteiger partial charge on any atom is -0.297 e. The van der Waals surface area contributed by atoms with Gasteiger partial charge in [0, 0.05) is 0 Å². The summed E-state index contributed by atoms with van der Waals surface area (Å²) in [5.74, 6) is -0.289. The number of aryl methyl sites for hydroxylation is 1. The molecule has 0 radical (unpaired) electrons. The Kier molecular flexibility index (Phi) is 4.42. The number of Topliss-reactive ketones (excluding diaryl/α,β-unsaturated/α-hetero) is 1. The van der Waals surface area contributed by atoms with Gasteiger partial charge in [-0.05, 0) is 32.4 Å². The summed E-state index contributed by atoms with van der Waals surface area (Å²) in [7, 11) is -3.85. The third kappa shape index (κ3) is 3.64. The highest BCUT2D eigenvalue weighted by Crippen LogP contribution is 2.16. The Hall–Kier alpha value is -1.20. The number of benzene rings is 1. The van der Waals surface area contributed by atoms with Gasteiger partial charge in [0.15, 0.2) is 5.78 Å². The molecular weight excluding hydrogens is 240 g/mol. The maximum atomic E-state index is 11.8. The molecule has 1 aromatic carbocycles. The van der Waals surface area contributed by atoms with E-state index in [1.807, 2.05) is 6.92 Å². The summed E-state index contributed by atoms with van der Waals surface area (Å²) < 4.78 is 28.6. The van der Waals surface area contributed by atoms with E-state index in [9.17, 15) is 13.2 Å². The molecule has 5 heteroatoms. The summed E-state index contributed by atoms with van der Waals surface area (Å²) in [4.78, 5) is 11.2. The van der Waals surface area contributed by atoms with E-state index in [-0.39, 0.29) is 10.7 Å². The van der Waals surface area contributed by atoms with E-state index in [2.05, 4.69) is 0 Å². The molecule has 0 saturated heterocycles. The van der Waals surface area contributed by atoms with Crippen LogP contribution in [0.25, 0.3) is 0 Å². The van der Waals surface area contributed by atoms with Gasteiger partial charge in [-0.15, -0.1) is 0 Å². The summed E-state index contributed by atoms with van der Waals surface area (Å²) in [6.45, 7) is 4.89. The van der Waals surface area contributed by atoms with Crippen molar-refractivity contribution in [3.05, 3.63) is 29.8 Å². The molecule has 0 N–H and O–H groups in total. The molecule has 0 aromatic heterocycles. The third-order valence-electron chi connectivity index (χ3n) is 2.38. The molecule has 0 saturated carbocycles. The zero-order valence-corrected chi connectivity index (χ0v) is 11.0. The molecule has 0 aliphatic heterocycles. The number of ketones is 1. The van der Waals surface area contributed by atoms with Crippen molar-refractivity contribution in [1.82, 2.24) is 0 Å². The lowest BCUT2D eigenvalue weighted by atomic mass is 10.2. The van der Waals surface area contributed by atoms with Crippen molar-refractivity contribution < 1.29 is 17.4 Å². The number of carbonyl (C=O) groups excluding carboxylic acids is 1. The van der Waals surface area contributed by atoms with Crippen LogP contribution in [0.3, 0.4) is 0 Å². The first-order valence-electron chi connectivity index (χ1n) is 5.37. The normalized spacial score (nSPS) is 13.4. The molecule has 1 atom stereocenters. The van der Waals surface area contributed by atoms with Gasteiger partial charge in [0.05, 0.1) is 4.90 Å². The van der Waals surface area contributed by atoms with Gasteiger partial charge >= 0.3 is 0 Å². The Bertz CT molecular complexity index is 488. The largest absolute Gasteiger partial charge is 0.297 e. The van der Waals surface area contributed by atoms with Gasteiger partial charge in [-0.25, -0.2) is 0 Å². The first kappa shape index (κ1) is 13.9. The number of rotatable bonds is 5. The second-order valence-corrected chi connectivity index (χ2v) is 5.44. The van der Waals surface area contributed by atoms with E-state index in [1.54, 1.807) is 19.1 Å². The fraction of sp³-hybridized carbons (Fsp3) is 0.417. The van der Waals surface area contributed by atoms with Crippen LogP contribution in [0.15, 0.2) is 29.2 Å². The maximum Gasteiger partial charge on any atom is 0.297 e. The third-order valence-corrected chi connectivity index (χ3v) is 3.71. The van der Waals surface area contributed by atoms with Crippen molar-refractivity contribution in [2.24, 2.45) is 0 Å². The monoisotopic (exact) mass is 256 g/mol. The fourth-order valence-corrected chi connectivity index (χ4v) is 2.49. The molecule has 1 aromatic rings. The topological polar surface area (TPSA) is 60.4 Å². The van der Waals surface area contributed by atoms with Crippen LogP contribution in [0, 0.1) is 6.92 Å². The minimum atomic E-state index is -3.85. The van der Waals surface area contributed by atoms with Crippen LogP contribution >= 0.6 is 0 Å². The SMILES string of the molecule is CC[C@H](OS(=O)(=O)c1ccc(C)cc1)C(C)=O. The zero-order valence-electron chi connectivity index (χ0n) is 10.1. The van der Waals surface area contributed by atoms with E-state index in [1.165, 1.54) is 19.1 Å². The Balaban J connectivity index is 2.96. The highest BCUT2D eigenvalue weighted by atomic mass is 32.2. The van der Waals surface area contributed by atoms with Crippen LogP contribution in [0.1, 0.15) is 25.8 Å². The Morgan fingerprint density at radius 3 is 2.24 bits per heavy atom. The lowest BCUT2D eigenvalue weighted by Gasteiger charge is -2.12. The second kappa shape index (κ2) is 5.42. The second-order valence-electron chi connectivity index (χ2n) is 3.87. The fourth-order valence-electron chi connectivity index (χ4n) is 1.34. The quantitative estimate of drug-likeness (QED) is 0.757. The lowest BCUT2D eigenvalue weighted by Crippen LogP contribution is -2.24. The number of hydrogen-bond acceptors (Lipinski definition) is 4. The molecule has 0 amide bonds. The molecule has 0 heterocycles. The van der Waals surface area contributed by atoms with Crippen LogP contribution in [-0.2, 0) is 19.1 Å². The van der Waals surface area contributed by atoms with Crippen LogP contribution in [-0.4, -0.2) is 20.3 Å². The molecule has 0 spiro atoms. The molecule has 4 nitrogen and oxygen atoms in total. The smallest absolute Gasteiger partial charge is 0.297 e. The van der Waals surface area contributed by atoms with Crippen molar-refractivity contribution in [2.75, 3.05) is 0 Å². The molecule has 0 bridgehead atoms. The van der Waals surface area contributed by atoms with Gasteiger partial charge in [-0.3, -0.25) is 8.98 Å². The van der Waals surface area contributed by atoms with Crippen LogP contribution in [0.5, 0.6) is 0 Å². The predicted molar refractivity (Wildman–Crippen MR) is 64.2 cm³/mol. The Morgan fingerprint density at radius 1 is 1.29 bits per heavy atom. The van der Waals surface area contributed by atoms with Crippen LogP contribution < -0.4 is 0 Å². The predicted octanol–water partition coefficient (Wildman–Crippen LogP) is 2.07. The molecule has 0 aliphatic rings. The Labute approximate surface area is 102 Å². The van der Waals surface area contributed by atoms with Crippen molar-refractivity contribution in [1.29, 1.82) is 0 Å². The highest BCUT2D eigenvalue weighted by molar-refractivity contribution is 7.86. The molecule has 0 aliphatic carbocycles. The van der Waals surface area contributed by atoms with Gasteiger partial charge in [0.1, 0.15) is 6.10 Å². The summed E-state index contributed by atoms with van der Waals surface area (Å²) in [6.07, 6.45) is -0.568. The van der Waals surface area contributed by atoms with Gasteiger partial charge in [-0.2, -0.15) is 8.42 Å². The standard InChI is InChI=1S/C12H16O4S/c1-4-12(10(3)13)16-17(14,15)11-7-5-9(2)6-8-11/h5-8,12H,4H2,1-3H3/t12-/m0/s1. The zero-order chi connectivity index (χ0) is 13.1. The van der Waals surface area contributed by atoms with Gasteiger partial charge in [0.25, 0.3) is 10.1 Å². The lowest BCUT2D eigenvalue weighted by molar-refractivity contribution is -0.123. The van der Waals surface area contributed by atoms with Crippen molar-refractivity contribution in [3.8, 4) is 0 Å². The summed E-state index contributed by atoms with van der Waals surface area (Å²) in [6, 6.07) is 6.31. The molecule has 0 unspecified atom stereocenters. The molecule has 0 fully saturated rings. The summed E-state index contributed by atoms with van der Waals surface area (Å²) >= 11 is 0. The van der Waals surface area contributed by atoms with E-state index in [4.69, 9.17) is 4.18 Å². The maximum absolute atomic E-state index is 11.8. The van der Waals surface area contributed by atoms with E-state index >= 15 is 0 Å². The average Bonchev–Trinajstić information content (AvgIpc) is 2.26. The van der Waals surface area contributed by atoms with E-state index in [0.717, 1.165) is 5.56 Å².